The standard InChI is InChI=1S/C15H29N3O2/c1-20-10-4-8-17-14(19)11-18-9-3-6-15(13-18)5-2-7-16-12-15/h16H,2-13H2,1H3,(H,17,19). The monoisotopic (exact) mass is 283 g/mol. The number of carbonyl (C=O) groups excluding carboxylic acids is 1. The molecule has 0 aliphatic carbocycles. The van der Waals surface area contributed by atoms with Gasteiger partial charge in [0.1, 0.15) is 0 Å². The van der Waals surface area contributed by atoms with E-state index in [1.165, 1.54) is 25.7 Å². The quantitative estimate of drug-likeness (QED) is 0.701. The van der Waals surface area contributed by atoms with Crippen molar-refractivity contribution in [2.24, 2.45) is 5.41 Å². The third-order valence-corrected chi connectivity index (χ3v) is 4.52. The van der Waals surface area contributed by atoms with Crippen LogP contribution in [0.1, 0.15) is 32.1 Å². The zero-order chi connectivity index (χ0) is 14.3. The Balaban J connectivity index is 1.70. The minimum atomic E-state index is 0.155. The summed E-state index contributed by atoms with van der Waals surface area (Å²) in [5, 5.41) is 6.51. The Labute approximate surface area is 122 Å². The molecule has 2 rings (SSSR count). The average Bonchev–Trinajstić information content (AvgIpc) is 2.44. The summed E-state index contributed by atoms with van der Waals surface area (Å²) in [6.07, 6.45) is 6.00. The summed E-state index contributed by atoms with van der Waals surface area (Å²) in [5.41, 5.74) is 0.423. The lowest BCUT2D eigenvalue weighted by Gasteiger charge is -2.45. The van der Waals surface area contributed by atoms with Gasteiger partial charge in [-0.25, -0.2) is 0 Å². The molecule has 0 aromatic heterocycles. The molecule has 0 aromatic carbocycles. The van der Waals surface area contributed by atoms with Gasteiger partial charge in [0.05, 0.1) is 6.54 Å². The van der Waals surface area contributed by atoms with Crippen molar-refractivity contribution in [2.45, 2.75) is 32.1 Å². The van der Waals surface area contributed by atoms with Crippen LogP contribution in [0.4, 0.5) is 0 Å². The summed E-state index contributed by atoms with van der Waals surface area (Å²) >= 11 is 0. The Morgan fingerprint density at radius 3 is 3.00 bits per heavy atom. The largest absolute Gasteiger partial charge is 0.385 e. The Morgan fingerprint density at radius 2 is 2.25 bits per heavy atom. The van der Waals surface area contributed by atoms with Gasteiger partial charge in [-0.15, -0.1) is 0 Å². The van der Waals surface area contributed by atoms with Gasteiger partial charge in [0.2, 0.25) is 5.91 Å². The molecular formula is C15H29N3O2. The maximum Gasteiger partial charge on any atom is 0.234 e. The van der Waals surface area contributed by atoms with Gasteiger partial charge in [0, 0.05) is 33.4 Å². The molecule has 0 saturated carbocycles. The lowest BCUT2D eigenvalue weighted by molar-refractivity contribution is -0.123. The smallest absolute Gasteiger partial charge is 0.234 e. The van der Waals surface area contributed by atoms with Gasteiger partial charge in [0.25, 0.3) is 0 Å². The molecule has 2 N–H and O–H groups in total. The molecule has 0 bridgehead atoms. The Kier molecular flexibility index (Phi) is 6.26. The molecule has 1 spiro atoms. The van der Waals surface area contributed by atoms with Crippen LogP contribution in [-0.4, -0.2) is 63.8 Å². The van der Waals surface area contributed by atoms with E-state index < -0.39 is 0 Å². The van der Waals surface area contributed by atoms with E-state index in [9.17, 15) is 4.79 Å². The minimum Gasteiger partial charge on any atom is -0.385 e. The van der Waals surface area contributed by atoms with E-state index in [2.05, 4.69) is 15.5 Å². The highest BCUT2D eigenvalue weighted by molar-refractivity contribution is 5.77. The molecule has 2 saturated heterocycles. The zero-order valence-corrected chi connectivity index (χ0v) is 12.7. The predicted molar refractivity (Wildman–Crippen MR) is 79.7 cm³/mol. The van der Waals surface area contributed by atoms with E-state index in [0.29, 0.717) is 25.1 Å². The third-order valence-electron chi connectivity index (χ3n) is 4.52. The molecule has 5 heteroatoms. The van der Waals surface area contributed by atoms with Crippen LogP contribution in [0, 0.1) is 5.41 Å². The highest BCUT2D eigenvalue weighted by atomic mass is 16.5. The summed E-state index contributed by atoms with van der Waals surface area (Å²) in [7, 11) is 1.69. The first-order valence-corrected chi connectivity index (χ1v) is 7.93. The number of piperidine rings is 2. The van der Waals surface area contributed by atoms with Crippen molar-refractivity contribution in [3.8, 4) is 0 Å². The van der Waals surface area contributed by atoms with E-state index in [4.69, 9.17) is 4.74 Å². The van der Waals surface area contributed by atoms with Crippen molar-refractivity contribution in [1.29, 1.82) is 0 Å². The molecule has 2 fully saturated rings. The predicted octanol–water partition coefficient (Wildman–Crippen LogP) is 0.605. The molecule has 0 radical (unpaired) electrons. The fourth-order valence-electron chi connectivity index (χ4n) is 3.53. The molecule has 5 nitrogen and oxygen atoms in total. The van der Waals surface area contributed by atoms with Gasteiger partial charge in [-0.2, -0.15) is 0 Å². The Morgan fingerprint density at radius 1 is 1.40 bits per heavy atom. The van der Waals surface area contributed by atoms with E-state index in [-0.39, 0.29) is 5.91 Å². The summed E-state index contributed by atoms with van der Waals surface area (Å²) in [6.45, 7) is 6.39. The summed E-state index contributed by atoms with van der Waals surface area (Å²) < 4.78 is 4.98. The minimum absolute atomic E-state index is 0.155. The summed E-state index contributed by atoms with van der Waals surface area (Å²) in [5.74, 6) is 0.155. The number of carbonyl (C=O) groups is 1. The molecule has 2 heterocycles. The van der Waals surface area contributed by atoms with Crippen LogP contribution in [0.25, 0.3) is 0 Å². The normalized spacial score (nSPS) is 27.6. The molecule has 2 aliphatic rings. The van der Waals surface area contributed by atoms with Crippen LogP contribution in [-0.2, 0) is 9.53 Å². The van der Waals surface area contributed by atoms with Gasteiger partial charge in [0.15, 0.2) is 0 Å². The van der Waals surface area contributed by atoms with E-state index in [0.717, 1.165) is 32.6 Å². The van der Waals surface area contributed by atoms with Crippen molar-refractivity contribution in [3.05, 3.63) is 0 Å². The number of nitrogens with one attached hydrogen (secondary N) is 2. The van der Waals surface area contributed by atoms with Crippen LogP contribution < -0.4 is 10.6 Å². The fraction of sp³-hybridized carbons (Fsp3) is 0.933. The molecule has 116 valence electrons. The first kappa shape index (κ1) is 15.7. The van der Waals surface area contributed by atoms with Crippen molar-refractivity contribution >= 4 is 5.91 Å². The lowest BCUT2D eigenvalue weighted by atomic mass is 9.74. The van der Waals surface area contributed by atoms with Crippen LogP contribution in [0.5, 0.6) is 0 Å². The highest BCUT2D eigenvalue weighted by Crippen LogP contribution is 2.35. The molecule has 1 amide bonds. The first-order valence-electron chi connectivity index (χ1n) is 7.93. The lowest BCUT2D eigenvalue weighted by Crippen LogP contribution is -2.52. The maximum atomic E-state index is 11.9. The SMILES string of the molecule is COCCCNC(=O)CN1CCCC2(CCCNC2)C1. The van der Waals surface area contributed by atoms with Gasteiger partial charge in [-0.1, -0.05) is 0 Å². The van der Waals surface area contributed by atoms with Crippen molar-refractivity contribution < 1.29 is 9.53 Å². The fourth-order valence-corrected chi connectivity index (χ4v) is 3.53. The maximum absolute atomic E-state index is 11.9. The summed E-state index contributed by atoms with van der Waals surface area (Å²) in [4.78, 5) is 14.3. The number of hydrogen-bond acceptors (Lipinski definition) is 4. The van der Waals surface area contributed by atoms with Crippen molar-refractivity contribution in [1.82, 2.24) is 15.5 Å². The van der Waals surface area contributed by atoms with Crippen molar-refractivity contribution in [3.63, 3.8) is 0 Å². The third kappa shape index (κ3) is 4.72. The zero-order valence-electron chi connectivity index (χ0n) is 12.7. The van der Waals surface area contributed by atoms with Gasteiger partial charge < -0.3 is 15.4 Å². The first-order chi connectivity index (χ1) is 9.74. The van der Waals surface area contributed by atoms with E-state index in [1.54, 1.807) is 7.11 Å². The molecule has 1 atom stereocenters. The number of amides is 1. The van der Waals surface area contributed by atoms with E-state index in [1.807, 2.05) is 0 Å². The Hall–Kier alpha value is -0.650. The van der Waals surface area contributed by atoms with Gasteiger partial charge in [-0.3, -0.25) is 9.69 Å². The van der Waals surface area contributed by atoms with E-state index >= 15 is 0 Å². The molecular weight excluding hydrogens is 254 g/mol. The number of ether oxygens (including phenoxy) is 1. The molecule has 0 aromatic rings. The van der Waals surface area contributed by atoms with Gasteiger partial charge >= 0.3 is 0 Å². The summed E-state index contributed by atoms with van der Waals surface area (Å²) in [6, 6.07) is 0. The van der Waals surface area contributed by atoms with Gasteiger partial charge in [-0.05, 0) is 50.6 Å². The van der Waals surface area contributed by atoms with Crippen LogP contribution in [0.15, 0.2) is 0 Å². The molecule has 2 aliphatic heterocycles. The number of nitrogens with zero attached hydrogens (tertiary/aromatic N) is 1. The van der Waals surface area contributed by atoms with Crippen LogP contribution >= 0.6 is 0 Å². The second kappa shape index (κ2) is 7.96. The van der Waals surface area contributed by atoms with Crippen LogP contribution in [0.2, 0.25) is 0 Å². The average molecular weight is 283 g/mol. The second-order valence-corrected chi connectivity index (χ2v) is 6.29. The molecule has 1 unspecified atom stereocenters. The van der Waals surface area contributed by atoms with Crippen LogP contribution in [0.3, 0.4) is 0 Å². The van der Waals surface area contributed by atoms with Crippen molar-refractivity contribution in [2.75, 3.05) is 53.0 Å². The topological polar surface area (TPSA) is 53.6 Å². The number of rotatable bonds is 6. The second-order valence-electron chi connectivity index (χ2n) is 6.29. The number of methoxy groups -OCH3 is 1. The number of hydrogen-bond donors (Lipinski definition) is 2. The Bertz CT molecular complexity index is 298. The molecule has 20 heavy (non-hydrogen) atoms. The highest BCUT2D eigenvalue weighted by Gasteiger charge is 2.36. The number of likely N-dealkylation sites (tertiary alicyclic amines) is 1.